The van der Waals surface area contributed by atoms with Crippen LogP contribution in [0.15, 0.2) is 24.3 Å². The van der Waals surface area contributed by atoms with Gasteiger partial charge in [-0.25, -0.2) is 4.57 Å². The van der Waals surface area contributed by atoms with Crippen molar-refractivity contribution >= 4 is 19.8 Å². The maximum atomic E-state index is 12.6. The first-order valence-electron chi connectivity index (χ1n) is 27.3. The third-order valence-corrected chi connectivity index (χ3v) is 13.1. The molecule has 378 valence electrons. The average Bonchev–Trinajstić information content (AvgIpc) is 3.28. The van der Waals surface area contributed by atoms with Crippen molar-refractivity contribution in [2.75, 3.05) is 26.4 Å². The van der Waals surface area contributed by atoms with E-state index in [4.69, 9.17) is 24.3 Å². The van der Waals surface area contributed by atoms with Crippen LogP contribution in [0.4, 0.5) is 0 Å². The molecule has 0 aromatic carbocycles. The fraction of sp³-hybridized carbons (Fsp3) is 0.889. The zero-order valence-electron chi connectivity index (χ0n) is 42.0. The van der Waals surface area contributed by atoms with Crippen molar-refractivity contribution in [2.45, 2.75) is 283 Å². The van der Waals surface area contributed by atoms with Gasteiger partial charge in [0.1, 0.15) is 6.61 Å². The molecule has 0 radical (unpaired) electrons. The lowest BCUT2D eigenvalue weighted by molar-refractivity contribution is -0.161. The van der Waals surface area contributed by atoms with Crippen LogP contribution in [-0.4, -0.2) is 49.3 Å². The van der Waals surface area contributed by atoms with E-state index in [1.807, 2.05) is 0 Å². The maximum absolute atomic E-state index is 12.6. The molecule has 0 spiro atoms. The molecule has 0 saturated carbocycles. The van der Waals surface area contributed by atoms with E-state index < -0.39 is 26.5 Å². The number of unbranched alkanes of at least 4 members (excludes halogenated alkanes) is 35. The Labute approximate surface area is 395 Å². The molecule has 0 heterocycles. The molecule has 0 aliphatic carbocycles. The van der Waals surface area contributed by atoms with Crippen LogP contribution in [0.5, 0.6) is 0 Å². The normalized spacial score (nSPS) is 13.2. The lowest BCUT2D eigenvalue weighted by atomic mass is 10.0. The van der Waals surface area contributed by atoms with E-state index in [0.29, 0.717) is 6.42 Å². The molecule has 0 amide bonds. The molecule has 0 rings (SSSR count). The summed E-state index contributed by atoms with van der Waals surface area (Å²) in [5, 5.41) is 0. The highest BCUT2D eigenvalue weighted by molar-refractivity contribution is 7.47. The van der Waals surface area contributed by atoms with Crippen molar-refractivity contribution in [2.24, 2.45) is 5.73 Å². The number of carbonyl (C=O) groups excluding carboxylic acids is 2. The summed E-state index contributed by atoms with van der Waals surface area (Å²) in [6.07, 6.45) is 58.5. The van der Waals surface area contributed by atoms with Gasteiger partial charge >= 0.3 is 19.8 Å². The predicted octanol–water partition coefficient (Wildman–Crippen LogP) is 16.7. The van der Waals surface area contributed by atoms with Gasteiger partial charge in [0.2, 0.25) is 0 Å². The smallest absolute Gasteiger partial charge is 0.462 e. The first-order chi connectivity index (χ1) is 31.3. The van der Waals surface area contributed by atoms with E-state index in [0.717, 1.165) is 38.5 Å². The van der Waals surface area contributed by atoms with Gasteiger partial charge in [0.15, 0.2) is 6.10 Å². The molecule has 3 N–H and O–H groups in total. The molecule has 10 heteroatoms. The van der Waals surface area contributed by atoms with E-state index >= 15 is 0 Å². The second kappa shape index (κ2) is 50.9. The topological polar surface area (TPSA) is 134 Å². The fourth-order valence-corrected chi connectivity index (χ4v) is 8.79. The van der Waals surface area contributed by atoms with Gasteiger partial charge in [0, 0.05) is 19.4 Å². The first kappa shape index (κ1) is 62.5. The molecule has 0 aromatic heterocycles. The molecule has 0 saturated heterocycles. The van der Waals surface area contributed by atoms with Gasteiger partial charge in [-0.3, -0.25) is 18.6 Å². The van der Waals surface area contributed by atoms with Crippen LogP contribution in [0.25, 0.3) is 0 Å². The first-order valence-corrected chi connectivity index (χ1v) is 28.8. The lowest BCUT2D eigenvalue weighted by Gasteiger charge is -2.19. The van der Waals surface area contributed by atoms with Crippen molar-refractivity contribution in [3.63, 3.8) is 0 Å². The quantitative estimate of drug-likeness (QED) is 0.0265. The zero-order valence-corrected chi connectivity index (χ0v) is 42.9. The Hall–Kier alpha value is -1.51. The molecule has 0 aliphatic heterocycles. The van der Waals surface area contributed by atoms with Crippen molar-refractivity contribution < 1.29 is 37.6 Å². The molecule has 0 bridgehead atoms. The number of phosphoric acid groups is 1. The van der Waals surface area contributed by atoms with Gasteiger partial charge in [-0.2, -0.15) is 0 Å². The number of hydrogen-bond donors (Lipinski definition) is 2. The summed E-state index contributed by atoms with van der Waals surface area (Å²) in [6, 6.07) is 0. The third-order valence-electron chi connectivity index (χ3n) is 12.1. The lowest BCUT2D eigenvalue weighted by Crippen LogP contribution is -2.29. The summed E-state index contributed by atoms with van der Waals surface area (Å²) in [4.78, 5) is 34.8. The molecule has 64 heavy (non-hydrogen) atoms. The van der Waals surface area contributed by atoms with Crippen LogP contribution in [0, 0.1) is 0 Å². The number of carbonyl (C=O) groups is 2. The monoisotopic (exact) mass is 926 g/mol. The highest BCUT2D eigenvalue weighted by Gasteiger charge is 2.26. The standard InChI is InChI=1S/C54H104NO8P/c1-3-5-7-9-11-13-14-15-16-17-18-19-20-21-22-23-24-25-26-27-28-29-30-31-32-33-34-35-36-37-38-39-41-43-45-47-54(57)63-52(51-62-64(58,59)61-49-48-55)50-60-53(56)46-44-42-40-12-10-8-6-4-2/h14-15,17-18,52H,3-13,16,19-51,55H2,1-2H3,(H,58,59)/b15-14-,18-17-. The Morgan fingerprint density at radius 1 is 0.469 bits per heavy atom. The van der Waals surface area contributed by atoms with E-state index in [2.05, 4.69) is 38.2 Å². The molecule has 0 aromatic rings. The van der Waals surface area contributed by atoms with Crippen molar-refractivity contribution in [3.05, 3.63) is 24.3 Å². The number of phosphoric ester groups is 1. The molecule has 2 atom stereocenters. The SMILES string of the molecule is CCCCCCC/C=C\C/C=C\CCCCCCCCCCCCCCCCCCCCCCCCCC(=O)OC(COC(=O)CCCCCCCCCC)COP(=O)(O)OCCN. The van der Waals surface area contributed by atoms with E-state index in [9.17, 15) is 19.0 Å². The second-order valence-electron chi connectivity index (χ2n) is 18.5. The van der Waals surface area contributed by atoms with Gasteiger partial charge in [0.05, 0.1) is 13.2 Å². The van der Waals surface area contributed by atoms with Crippen LogP contribution >= 0.6 is 7.82 Å². The summed E-state index contributed by atoms with van der Waals surface area (Å²) < 4.78 is 32.8. The molecule has 2 unspecified atom stereocenters. The minimum Gasteiger partial charge on any atom is -0.462 e. The van der Waals surface area contributed by atoms with E-state index in [-0.39, 0.29) is 38.6 Å². The molecular formula is C54H104NO8P. The molecule has 9 nitrogen and oxygen atoms in total. The third kappa shape index (κ3) is 49.9. The van der Waals surface area contributed by atoms with Crippen molar-refractivity contribution in [1.29, 1.82) is 0 Å². The number of rotatable bonds is 52. The van der Waals surface area contributed by atoms with Gasteiger partial charge < -0.3 is 20.1 Å². The molecule has 0 fully saturated rings. The minimum absolute atomic E-state index is 0.0565. The summed E-state index contributed by atoms with van der Waals surface area (Å²) >= 11 is 0. The summed E-state index contributed by atoms with van der Waals surface area (Å²) in [6.45, 7) is 3.72. The van der Waals surface area contributed by atoms with Crippen LogP contribution in [0.3, 0.4) is 0 Å². The van der Waals surface area contributed by atoms with Crippen LogP contribution in [-0.2, 0) is 32.7 Å². The fourth-order valence-electron chi connectivity index (χ4n) is 8.02. The Morgan fingerprint density at radius 2 is 0.812 bits per heavy atom. The predicted molar refractivity (Wildman–Crippen MR) is 271 cm³/mol. The largest absolute Gasteiger partial charge is 0.472 e. The average molecular weight is 926 g/mol. The zero-order chi connectivity index (χ0) is 46.7. The highest BCUT2D eigenvalue weighted by Crippen LogP contribution is 2.43. The van der Waals surface area contributed by atoms with E-state index in [1.165, 1.54) is 205 Å². The van der Waals surface area contributed by atoms with Crippen molar-refractivity contribution in [3.8, 4) is 0 Å². The number of esters is 2. The minimum atomic E-state index is -4.37. The van der Waals surface area contributed by atoms with Gasteiger partial charge in [-0.1, -0.05) is 244 Å². The number of ether oxygens (including phenoxy) is 2. The Balaban J connectivity index is 3.72. The second-order valence-corrected chi connectivity index (χ2v) is 19.9. The van der Waals surface area contributed by atoms with E-state index in [1.54, 1.807) is 0 Å². The summed E-state index contributed by atoms with van der Waals surface area (Å²) in [5.41, 5.74) is 5.35. The Bertz CT molecular complexity index is 1100. The Morgan fingerprint density at radius 3 is 1.19 bits per heavy atom. The number of allylic oxidation sites excluding steroid dienone is 4. The van der Waals surface area contributed by atoms with Crippen molar-refractivity contribution in [1.82, 2.24) is 0 Å². The Kier molecular flexibility index (Phi) is 49.7. The number of nitrogens with two attached hydrogens (primary N) is 1. The van der Waals surface area contributed by atoms with Crippen LogP contribution < -0.4 is 5.73 Å². The van der Waals surface area contributed by atoms with Gasteiger partial charge in [0.25, 0.3) is 0 Å². The van der Waals surface area contributed by atoms with Crippen LogP contribution in [0.1, 0.15) is 277 Å². The van der Waals surface area contributed by atoms with Gasteiger partial charge in [-0.15, -0.1) is 0 Å². The molecular weight excluding hydrogens is 822 g/mol. The molecule has 0 aliphatic rings. The van der Waals surface area contributed by atoms with Gasteiger partial charge in [-0.05, 0) is 44.9 Å². The maximum Gasteiger partial charge on any atom is 0.472 e. The number of hydrogen-bond acceptors (Lipinski definition) is 8. The highest BCUT2D eigenvalue weighted by atomic mass is 31.2. The summed E-state index contributed by atoms with van der Waals surface area (Å²) in [5.74, 6) is -0.819. The summed E-state index contributed by atoms with van der Waals surface area (Å²) in [7, 11) is -4.37. The van der Waals surface area contributed by atoms with Crippen LogP contribution in [0.2, 0.25) is 0 Å².